The van der Waals surface area contributed by atoms with E-state index in [1.165, 1.54) is 0 Å². The minimum absolute atomic E-state index is 0.471. The molecule has 18 nitrogen and oxygen atoms in total. The second kappa shape index (κ2) is 39.4. The van der Waals surface area contributed by atoms with Gasteiger partial charge in [0.2, 0.25) is 0 Å². The van der Waals surface area contributed by atoms with E-state index >= 15 is 0 Å². The molecule has 0 amide bonds. The molecular formula is C39H84N8O10. The van der Waals surface area contributed by atoms with E-state index in [1.54, 1.807) is 0 Å². The molecule has 2 aliphatic heterocycles. The molecule has 2 heterocycles. The van der Waals surface area contributed by atoms with Gasteiger partial charge in [-0.05, 0) is 84.0 Å². The number of aliphatic hydroxyl groups is 4. The number of hydrogen-bond donors (Lipinski definition) is 10. The average Bonchev–Trinajstić information content (AvgIpc) is 3.22. The molecule has 0 spiro atoms. The molecule has 4 atom stereocenters. The Morgan fingerprint density at radius 2 is 0.632 bits per heavy atom. The van der Waals surface area contributed by atoms with Crippen LogP contribution >= 0.6 is 0 Å². The molecule has 2 aliphatic rings. The van der Waals surface area contributed by atoms with Gasteiger partial charge < -0.3 is 69.3 Å². The molecule has 0 aliphatic carbocycles. The summed E-state index contributed by atoms with van der Waals surface area (Å²) in [5.74, 6) is 0. The first-order chi connectivity index (χ1) is 28.0. The number of hydrogen-bond acceptors (Lipinski definition) is 18. The van der Waals surface area contributed by atoms with Gasteiger partial charge in [0.05, 0.1) is 52.9 Å². The summed E-state index contributed by atoms with van der Waals surface area (Å²) in [6.45, 7) is 19.5. The third-order valence-corrected chi connectivity index (χ3v) is 9.68. The molecule has 2 fully saturated rings. The van der Waals surface area contributed by atoms with Crippen LogP contribution in [0.5, 0.6) is 0 Å². The summed E-state index contributed by atoms with van der Waals surface area (Å²) in [6, 6.07) is 0. The van der Waals surface area contributed by atoms with Crippen LogP contribution in [0.2, 0.25) is 0 Å². The standard InChI is InChI=1S/C39H84N8O10/c48-36(42-10-2-24-52-28-32-56-34-30-54-26-4-12-44-38(50)8-18-46-20-14-40-15-21-46)6-1-7-37(49)43-11-3-25-53-29-33-57-35-31-55-27-5-13-45-39(51)9-19-47-22-16-41-17-23-47/h36-45,48-51H,1-35H2. The van der Waals surface area contributed by atoms with Gasteiger partial charge in [-0.15, -0.1) is 0 Å². The van der Waals surface area contributed by atoms with E-state index in [1.807, 2.05) is 0 Å². The van der Waals surface area contributed by atoms with E-state index in [9.17, 15) is 20.4 Å². The normalized spacial score (nSPS) is 17.9. The molecule has 0 radical (unpaired) electrons. The highest BCUT2D eigenvalue weighted by molar-refractivity contribution is 4.70. The van der Waals surface area contributed by atoms with Crippen molar-refractivity contribution < 1.29 is 48.8 Å². The molecule has 340 valence electrons. The summed E-state index contributed by atoms with van der Waals surface area (Å²) >= 11 is 0. The zero-order valence-corrected chi connectivity index (χ0v) is 35.2. The van der Waals surface area contributed by atoms with Gasteiger partial charge in [0.15, 0.2) is 0 Å². The summed E-state index contributed by atoms with van der Waals surface area (Å²) in [6.07, 6.45) is 4.42. The van der Waals surface area contributed by atoms with Crippen LogP contribution in [0.1, 0.15) is 57.8 Å². The maximum absolute atomic E-state index is 10.2. The van der Waals surface area contributed by atoms with Crippen molar-refractivity contribution >= 4 is 0 Å². The summed E-state index contributed by atoms with van der Waals surface area (Å²) < 4.78 is 33.5. The SMILES string of the molecule is OC(CCCC(O)NCCCOCCOCCOCCCNC(O)CCN1CCNCC1)NCCCOCCOCCOCCCNC(O)CCN1CCNCC1. The van der Waals surface area contributed by atoms with Crippen LogP contribution in [0.3, 0.4) is 0 Å². The van der Waals surface area contributed by atoms with Gasteiger partial charge in [0, 0.05) is 91.9 Å². The van der Waals surface area contributed by atoms with E-state index in [2.05, 4.69) is 41.7 Å². The van der Waals surface area contributed by atoms with E-state index in [0.29, 0.717) is 112 Å². The zero-order chi connectivity index (χ0) is 40.7. The number of nitrogens with zero attached hydrogens (tertiary/aromatic N) is 2. The highest BCUT2D eigenvalue weighted by Crippen LogP contribution is 2.02. The minimum Gasteiger partial charge on any atom is -0.379 e. The monoisotopic (exact) mass is 825 g/mol. The molecule has 0 aromatic heterocycles. The van der Waals surface area contributed by atoms with Crippen LogP contribution in [0.25, 0.3) is 0 Å². The van der Waals surface area contributed by atoms with Crippen molar-refractivity contribution in [2.75, 3.05) is 171 Å². The van der Waals surface area contributed by atoms with Crippen molar-refractivity contribution in [2.24, 2.45) is 0 Å². The lowest BCUT2D eigenvalue weighted by Crippen LogP contribution is -2.45. The lowest BCUT2D eigenvalue weighted by Gasteiger charge is -2.28. The fraction of sp³-hybridized carbons (Fsp3) is 1.00. The van der Waals surface area contributed by atoms with Crippen molar-refractivity contribution in [1.29, 1.82) is 0 Å². The molecule has 2 saturated heterocycles. The van der Waals surface area contributed by atoms with Crippen LogP contribution in [-0.2, 0) is 28.4 Å². The second-order valence-electron chi connectivity index (χ2n) is 14.7. The first kappa shape index (κ1) is 52.4. The van der Waals surface area contributed by atoms with Crippen LogP contribution < -0.4 is 31.9 Å². The van der Waals surface area contributed by atoms with Crippen LogP contribution in [-0.4, -0.2) is 226 Å². The van der Waals surface area contributed by atoms with E-state index < -0.39 is 24.9 Å². The fourth-order valence-corrected chi connectivity index (χ4v) is 6.25. The molecule has 0 bridgehead atoms. The van der Waals surface area contributed by atoms with E-state index in [4.69, 9.17) is 28.4 Å². The van der Waals surface area contributed by atoms with Crippen molar-refractivity contribution in [1.82, 2.24) is 41.7 Å². The van der Waals surface area contributed by atoms with E-state index in [-0.39, 0.29) is 0 Å². The number of aliphatic hydroxyl groups excluding tert-OH is 4. The maximum atomic E-state index is 10.2. The predicted molar refractivity (Wildman–Crippen MR) is 221 cm³/mol. The quantitative estimate of drug-likeness (QED) is 0.0239. The second-order valence-corrected chi connectivity index (χ2v) is 14.7. The Hall–Kier alpha value is -0.720. The number of nitrogens with one attached hydrogen (secondary N) is 6. The highest BCUT2D eigenvalue weighted by atomic mass is 16.5. The lowest BCUT2D eigenvalue weighted by atomic mass is 10.2. The summed E-state index contributed by atoms with van der Waals surface area (Å²) in [5, 5.41) is 59.7. The molecule has 0 saturated carbocycles. The maximum Gasteiger partial charge on any atom is 0.106 e. The molecule has 18 heteroatoms. The van der Waals surface area contributed by atoms with Gasteiger partial charge in [-0.1, -0.05) is 0 Å². The van der Waals surface area contributed by atoms with Crippen molar-refractivity contribution in [3.63, 3.8) is 0 Å². The first-order valence-electron chi connectivity index (χ1n) is 22.0. The number of piperazine rings is 2. The molecule has 4 unspecified atom stereocenters. The van der Waals surface area contributed by atoms with Crippen LogP contribution in [0.4, 0.5) is 0 Å². The number of rotatable bonds is 42. The van der Waals surface area contributed by atoms with Crippen molar-refractivity contribution in [2.45, 2.75) is 82.7 Å². The topological polar surface area (TPSA) is 215 Å². The Balaban J connectivity index is 1.19. The molecule has 2 rings (SSSR count). The average molecular weight is 825 g/mol. The number of ether oxygens (including phenoxy) is 6. The van der Waals surface area contributed by atoms with Crippen LogP contribution in [0, 0.1) is 0 Å². The highest BCUT2D eigenvalue weighted by Gasteiger charge is 2.13. The molecule has 10 N–H and O–H groups in total. The van der Waals surface area contributed by atoms with E-state index in [0.717, 1.165) is 117 Å². The molecule has 0 aromatic rings. The van der Waals surface area contributed by atoms with Gasteiger partial charge in [0.1, 0.15) is 24.9 Å². The predicted octanol–water partition coefficient (Wildman–Crippen LogP) is -1.96. The Morgan fingerprint density at radius 1 is 0.368 bits per heavy atom. The third-order valence-electron chi connectivity index (χ3n) is 9.68. The van der Waals surface area contributed by atoms with Gasteiger partial charge in [0.25, 0.3) is 0 Å². The third kappa shape index (κ3) is 34.7. The Labute approximate surface area is 343 Å². The fourth-order valence-electron chi connectivity index (χ4n) is 6.25. The van der Waals surface area contributed by atoms with Crippen molar-refractivity contribution in [3.8, 4) is 0 Å². The molecular weight excluding hydrogens is 740 g/mol. The van der Waals surface area contributed by atoms with Gasteiger partial charge in [-0.2, -0.15) is 0 Å². The van der Waals surface area contributed by atoms with Gasteiger partial charge in [-0.25, -0.2) is 0 Å². The Kier molecular flexibility index (Phi) is 36.2. The zero-order valence-electron chi connectivity index (χ0n) is 35.2. The Morgan fingerprint density at radius 3 is 0.930 bits per heavy atom. The minimum atomic E-state index is -0.606. The largest absolute Gasteiger partial charge is 0.379 e. The summed E-state index contributed by atoms with van der Waals surface area (Å²) in [4.78, 5) is 4.75. The van der Waals surface area contributed by atoms with Crippen molar-refractivity contribution in [3.05, 3.63) is 0 Å². The van der Waals surface area contributed by atoms with Gasteiger partial charge in [-0.3, -0.25) is 21.3 Å². The summed E-state index contributed by atoms with van der Waals surface area (Å²) in [7, 11) is 0. The molecule has 57 heavy (non-hydrogen) atoms. The first-order valence-corrected chi connectivity index (χ1v) is 22.0. The molecule has 0 aromatic carbocycles. The Bertz CT molecular complexity index is 776. The lowest BCUT2D eigenvalue weighted by molar-refractivity contribution is 0.0125. The van der Waals surface area contributed by atoms with Crippen LogP contribution in [0.15, 0.2) is 0 Å². The smallest absolute Gasteiger partial charge is 0.106 e. The van der Waals surface area contributed by atoms with Gasteiger partial charge >= 0.3 is 0 Å². The summed E-state index contributed by atoms with van der Waals surface area (Å²) in [5.41, 5.74) is 0.